The van der Waals surface area contributed by atoms with Gasteiger partial charge in [-0.3, -0.25) is 4.79 Å². The lowest BCUT2D eigenvalue weighted by Gasteiger charge is -2.30. The van der Waals surface area contributed by atoms with Crippen LogP contribution in [0.3, 0.4) is 0 Å². The fourth-order valence-corrected chi connectivity index (χ4v) is 3.94. The maximum atomic E-state index is 12.0. The molecule has 2 aromatic heterocycles. The van der Waals surface area contributed by atoms with Crippen molar-refractivity contribution < 1.29 is 9.90 Å². The molecular formula is C15H17NO2S2. The molecule has 0 spiro atoms. The molecule has 0 aromatic carbocycles. The second kappa shape index (κ2) is 5.68. The minimum absolute atomic E-state index is 0.0708. The Morgan fingerprint density at radius 2 is 2.25 bits per heavy atom. The third-order valence-corrected chi connectivity index (χ3v) is 5.63. The van der Waals surface area contributed by atoms with Gasteiger partial charge in [-0.25, -0.2) is 0 Å². The van der Waals surface area contributed by atoms with E-state index in [9.17, 15) is 9.90 Å². The lowest BCUT2D eigenvalue weighted by Crippen LogP contribution is -2.44. The van der Waals surface area contributed by atoms with Crippen molar-refractivity contribution in [2.75, 3.05) is 6.54 Å². The molecule has 106 valence electrons. The van der Waals surface area contributed by atoms with E-state index in [2.05, 4.69) is 5.32 Å². The second-order valence-electron chi connectivity index (χ2n) is 5.20. The number of rotatable bonds is 5. The molecule has 5 heteroatoms. The summed E-state index contributed by atoms with van der Waals surface area (Å²) in [6.45, 7) is 0.236. The van der Waals surface area contributed by atoms with Crippen LogP contribution in [0.2, 0.25) is 0 Å². The van der Waals surface area contributed by atoms with E-state index < -0.39 is 5.60 Å². The monoisotopic (exact) mass is 307 g/mol. The predicted molar refractivity (Wildman–Crippen MR) is 82.0 cm³/mol. The lowest BCUT2D eigenvalue weighted by molar-refractivity contribution is -0.128. The Morgan fingerprint density at radius 1 is 1.40 bits per heavy atom. The Morgan fingerprint density at radius 3 is 2.80 bits per heavy atom. The number of carbonyl (C=O) groups excluding carboxylic acids is 1. The second-order valence-corrected chi connectivity index (χ2v) is 6.92. The quantitative estimate of drug-likeness (QED) is 0.892. The first-order valence-corrected chi connectivity index (χ1v) is 8.59. The minimum Gasteiger partial charge on any atom is -0.378 e. The lowest BCUT2D eigenvalue weighted by atomic mass is 9.84. The first-order valence-electron chi connectivity index (χ1n) is 6.77. The standard InChI is InChI=1S/C15H17NO2S2/c17-14(11-3-1-4-11)16-10-15(18,12-6-8-19-9-12)13-5-2-7-20-13/h2,5-9,11,18H,1,3-4,10H2,(H,16,17). The van der Waals surface area contributed by atoms with Crippen molar-refractivity contribution in [3.05, 3.63) is 44.8 Å². The Balaban J connectivity index is 1.78. The Bertz CT molecular complexity index is 524. The van der Waals surface area contributed by atoms with Crippen molar-refractivity contribution in [1.29, 1.82) is 0 Å². The third-order valence-electron chi connectivity index (χ3n) is 3.92. The summed E-state index contributed by atoms with van der Waals surface area (Å²) in [6.07, 6.45) is 3.08. The molecule has 2 N–H and O–H groups in total. The molecule has 1 atom stereocenters. The van der Waals surface area contributed by atoms with Gasteiger partial charge in [0, 0.05) is 16.4 Å². The largest absolute Gasteiger partial charge is 0.378 e. The molecule has 3 nitrogen and oxygen atoms in total. The average molecular weight is 307 g/mol. The molecule has 1 aliphatic rings. The summed E-state index contributed by atoms with van der Waals surface area (Å²) >= 11 is 3.06. The molecule has 0 saturated heterocycles. The molecular weight excluding hydrogens is 290 g/mol. The maximum absolute atomic E-state index is 12.0. The Labute approximate surface area is 126 Å². The van der Waals surface area contributed by atoms with E-state index in [1.54, 1.807) is 11.3 Å². The molecule has 2 aromatic rings. The molecule has 3 rings (SSSR count). The van der Waals surface area contributed by atoms with Crippen molar-refractivity contribution in [2.45, 2.75) is 24.9 Å². The highest BCUT2D eigenvalue weighted by Crippen LogP contribution is 2.34. The number of carbonyl (C=O) groups is 1. The first kappa shape index (κ1) is 13.8. The minimum atomic E-state index is -1.12. The van der Waals surface area contributed by atoms with Crippen molar-refractivity contribution in [1.82, 2.24) is 5.32 Å². The SMILES string of the molecule is O=C(NCC(O)(c1ccsc1)c1cccs1)C1CCC1. The van der Waals surface area contributed by atoms with Gasteiger partial charge >= 0.3 is 0 Å². The Hall–Kier alpha value is -1.17. The highest BCUT2D eigenvalue weighted by Gasteiger charge is 2.35. The van der Waals surface area contributed by atoms with Gasteiger partial charge in [-0.2, -0.15) is 11.3 Å². The molecule has 1 aliphatic carbocycles. The van der Waals surface area contributed by atoms with Gasteiger partial charge < -0.3 is 10.4 Å². The predicted octanol–water partition coefficient (Wildman–Crippen LogP) is 2.96. The van der Waals surface area contributed by atoms with Crippen LogP contribution in [-0.4, -0.2) is 17.6 Å². The van der Waals surface area contributed by atoms with Gasteiger partial charge in [0.2, 0.25) is 5.91 Å². The zero-order chi connectivity index (χ0) is 14.0. The smallest absolute Gasteiger partial charge is 0.223 e. The van der Waals surface area contributed by atoms with Gasteiger partial charge in [0.25, 0.3) is 0 Å². The van der Waals surface area contributed by atoms with Crippen LogP contribution in [0.4, 0.5) is 0 Å². The Kier molecular flexibility index (Phi) is 3.92. The van der Waals surface area contributed by atoms with E-state index >= 15 is 0 Å². The summed E-state index contributed by atoms with van der Waals surface area (Å²) < 4.78 is 0. The zero-order valence-electron chi connectivity index (χ0n) is 11.0. The number of hydrogen-bond acceptors (Lipinski definition) is 4. The molecule has 1 saturated carbocycles. The molecule has 20 heavy (non-hydrogen) atoms. The van der Waals surface area contributed by atoms with E-state index in [-0.39, 0.29) is 18.4 Å². The maximum Gasteiger partial charge on any atom is 0.223 e. The van der Waals surface area contributed by atoms with Crippen molar-refractivity contribution >= 4 is 28.6 Å². The number of hydrogen-bond donors (Lipinski definition) is 2. The average Bonchev–Trinajstić information content (AvgIpc) is 3.05. The fourth-order valence-electron chi connectivity index (χ4n) is 2.37. The van der Waals surface area contributed by atoms with Gasteiger partial charge in [0.05, 0.1) is 6.54 Å². The van der Waals surface area contributed by atoms with Gasteiger partial charge in [-0.05, 0) is 41.1 Å². The highest BCUT2D eigenvalue weighted by atomic mass is 32.1. The van der Waals surface area contributed by atoms with E-state index in [1.165, 1.54) is 11.3 Å². The summed E-state index contributed by atoms with van der Waals surface area (Å²) in [5, 5.41) is 19.8. The molecule has 0 aliphatic heterocycles. The van der Waals surface area contributed by atoms with Crippen molar-refractivity contribution in [2.24, 2.45) is 5.92 Å². The van der Waals surface area contributed by atoms with Crippen LogP contribution < -0.4 is 5.32 Å². The van der Waals surface area contributed by atoms with Crippen LogP contribution in [0.1, 0.15) is 29.7 Å². The van der Waals surface area contributed by atoms with Crippen molar-refractivity contribution in [3.8, 4) is 0 Å². The summed E-state index contributed by atoms with van der Waals surface area (Å²) in [7, 11) is 0. The zero-order valence-corrected chi connectivity index (χ0v) is 12.7. The summed E-state index contributed by atoms with van der Waals surface area (Å²) in [6, 6.07) is 5.75. The van der Waals surface area contributed by atoms with Crippen LogP contribution in [0.15, 0.2) is 34.3 Å². The van der Waals surface area contributed by atoms with E-state index in [1.807, 2.05) is 34.3 Å². The van der Waals surface area contributed by atoms with Crippen LogP contribution in [-0.2, 0) is 10.4 Å². The molecule has 0 radical (unpaired) electrons. The van der Waals surface area contributed by atoms with Gasteiger partial charge in [0.1, 0.15) is 5.60 Å². The van der Waals surface area contributed by atoms with Crippen LogP contribution in [0, 0.1) is 5.92 Å². The highest BCUT2D eigenvalue weighted by molar-refractivity contribution is 7.10. The van der Waals surface area contributed by atoms with E-state index in [0.29, 0.717) is 0 Å². The van der Waals surface area contributed by atoms with Crippen LogP contribution in [0.25, 0.3) is 0 Å². The van der Waals surface area contributed by atoms with Crippen molar-refractivity contribution in [3.63, 3.8) is 0 Å². The topological polar surface area (TPSA) is 49.3 Å². The normalized spacial score (nSPS) is 18.2. The number of thiophene rings is 2. The van der Waals surface area contributed by atoms with E-state index in [0.717, 1.165) is 29.7 Å². The number of nitrogens with one attached hydrogen (secondary N) is 1. The van der Waals surface area contributed by atoms with Gasteiger partial charge in [-0.1, -0.05) is 12.5 Å². The summed E-state index contributed by atoms with van der Waals surface area (Å²) in [5.74, 6) is 0.214. The molecule has 1 fully saturated rings. The summed E-state index contributed by atoms with van der Waals surface area (Å²) in [5.41, 5.74) is -0.271. The van der Waals surface area contributed by atoms with E-state index in [4.69, 9.17) is 0 Å². The number of aliphatic hydroxyl groups is 1. The van der Waals surface area contributed by atoms with Gasteiger partial charge in [-0.15, -0.1) is 11.3 Å². The van der Waals surface area contributed by atoms with Crippen LogP contribution in [0.5, 0.6) is 0 Å². The third kappa shape index (κ3) is 2.53. The summed E-state index contributed by atoms with van der Waals surface area (Å²) in [4.78, 5) is 12.9. The molecule has 1 amide bonds. The van der Waals surface area contributed by atoms with Crippen LogP contribution >= 0.6 is 22.7 Å². The molecule has 0 bridgehead atoms. The van der Waals surface area contributed by atoms with Gasteiger partial charge in [0.15, 0.2) is 0 Å². The number of amides is 1. The first-order chi connectivity index (χ1) is 9.70. The molecule has 1 unspecified atom stereocenters. The molecule has 2 heterocycles. The fraction of sp³-hybridized carbons (Fsp3) is 0.400.